The fourth-order valence-corrected chi connectivity index (χ4v) is 6.61. The van der Waals surface area contributed by atoms with Crippen LogP contribution in [0.2, 0.25) is 0 Å². The molecule has 0 N–H and O–H groups in total. The molecule has 2 fully saturated rings. The van der Waals surface area contributed by atoms with Gasteiger partial charge in [0.1, 0.15) is 5.75 Å². The number of carbonyl (C=O) groups excluding carboxylic acids is 1. The molecular formula is C24H29N3O6S. The van der Waals surface area contributed by atoms with Crippen molar-refractivity contribution in [2.75, 3.05) is 26.7 Å². The van der Waals surface area contributed by atoms with Gasteiger partial charge in [0.2, 0.25) is 15.9 Å². The third kappa shape index (κ3) is 4.65. The largest absolute Gasteiger partial charge is 0.497 e. The summed E-state index contributed by atoms with van der Waals surface area (Å²) in [5, 5.41) is 11.1. The lowest BCUT2D eigenvalue weighted by molar-refractivity contribution is -0.385. The Morgan fingerprint density at radius 2 is 1.74 bits per heavy atom. The standard InChI is InChI=1S/C24H29N3O6S/c1-17-5-8-20(27(29)30)16-23(17)34(31,32)25-14-11-19(12-15-25)24(28)26-13-3-4-22(26)18-6-9-21(33-2)10-7-18/h5-10,16,19,22H,3-4,11-15H2,1-2H3. The van der Waals surface area contributed by atoms with Gasteiger partial charge in [-0.15, -0.1) is 0 Å². The Morgan fingerprint density at radius 1 is 1.06 bits per heavy atom. The van der Waals surface area contributed by atoms with Crippen LogP contribution in [0, 0.1) is 23.0 Å². The Kier molecular flexibility index (Phi) is 6.90. The Bertz CT molecular complexity index is 1170. The molecule has 9 nitrogen and oxygen atoms in total. The molecule has 2 aromatic rings. The van der Waals surface area contributed by atoms with Crippen LogP contribution in [0.15, 0.2) is 47.4 Å². The monoisotopic (exact) mass is 487 g/mol. The minimum Gasteiger partial charge on any atom is -0.497 e. The van der Waals surface area contributed by atoms with E-state index in [1.54, 1.807) is 14.0 Å². The van der Waals surface area contributed by atoms with Crippen molar-refractivity contribution in [3.8, 4) is 5.75 Å². The number of nitrogens with zero attached hydrogens (tertiary/aromatic N) is 3. The van der Waals surface area contributed by atoms with Crippen molar-refractivity contribution in [1.29, 1.82) is 0 Å². The molecule has 0 spiro atoms. The van der Waals surface area contributed by atoms with Crippen molar-refractivity contribution in [1.82, 2.24) is 9.21 Å². The van der Waals surface area contributed by atoms with Crippen molar-refractivity contribution in [3.05, 3.63) is 63.7 Å². The van der Waals surface area contributed by atoms with E-state index in [-0.39, 0.29) is 41.5 Å². The maximum Gasteiger partial charge on any atom is 0.270 e. The number of sulfonamides is 1. The second-order valence-electron chi connectivity index (χ2n) is 8.85. The van der Waals surface area contributed by atoms with Crippen molar-refractivity contribution in [2.45, 2.75) is 43.5 Å². The van der Waals surface area contributed by atoms with Gasteiger partial charge in [-0.25, -0.2) is 8.42 Å². The van der Waals surface area contributed by atoms with Gasteiger partial charge >= 0.3 is 0 Å². The van der Waals surface area contributed by atoms with Crippen molar-refractivity contribution in [2.24, 2.45) is 5.92 Å². The number of benzene rings is 2. The van der Waals surface area contributed by atoms with Crippen molar-refractivity contribution < 1.29 is 22.9 Å². The highest BCUT2D eigenvalue weighted by molar-refractivity contribution is 7.89. The number of hydrogen-bond donors (Lipinski definition) is 0. The molecule has 0 saturated carbocycles. The van der Waals surface area contributed by atoms with E-state index < -0.39 is 14.9 Å². The van der Waals surface area contributed by atoms with Gasteiger partial charge in [0, 0.05) is 37.7 Å². The lowest BCUT2D eigenvalue weighted by Gasteiger charge is -2.34. The molecule has 0 aromatic heterocycles. The normalized spacial score (nSPS) is 19.8. The number of aryl methyl sites for hydroxylation is 1. The zero-order valence-electron chi connectivity index (χ0n) is 19.3. The maximum absolute atomic E-state index is 13.4. The first-order valence-corrected chi connectivity index (χ1v) is 12.9. The lowest BCUT2D eigenvalue weighted by atomic mass is 9.95. The number of nitro groups is 1. The molecule has 2 aliphatic rings. The molecule has 1 unspecified atom stereocenters. The number of rotatable bonds is 6. The summed E-state index contributed by atoms with van der Waals surface area (Å²) < 4.78 is 33.0. The predicted octanol–water partition coefficient (Wildman–Crippen LogP) is 3.68. The van der Waals surface area contributed by atoms with E-state index in [0.717, 1.165) is 30.2 Å². The van der Waals surface area contributed by atoms with E-state index in [0.29, 0.717) is 24.9 Å². The summed E-state index contributed by atoms with van der Waals surface area (Å²) in [4.78, 5) is 25.8. The number of piperidine rings is 1. The minimum atomic E-state index is -3.89. The zero-order valence-corrected chi connectivity index (χ0v) is 20.2. The van der Waals surface area contributed by atoms with Gasteiger partial charge in [-0.3, -0.25) is 14.9 Å². The van der Waals surface area contributed by atoms with Crippen LogP contribution in [0.5, 0.6) is 5.75 Å². The van der Waals surface area contributed by atoms with Gasteiger partial charge in [0.15, 0.2) is 0 Å². The highest BCUT2D eigenvalue weighted by Gasteiger charge is 2.38. The number of non-ortho nitro benzene ring substituents is 1. The first kappa shape index (κ1) is 24.2. The van der Waals surface area contributed by atoms with E-state index in [4.69, 9.17) is 4.74 Å². The fourth-order valence-electron chi connectivity index (χ4n) is 4.90. The van der Waals surface area contributed by atoms with E-state index >= 15 is 0 Å². The topological polar surface area (TPSA) is 110 Å². The number of ether oxygens (including phenoxy) is 1. The first-order valence-electron chi connectivity index (χ1n) is 11.4. The number of amides is 1. The zero-order chi connectivity index (χ0) is 24.5. The first-order chi connectivity index (χ1) is 16.2. The Morgan fingerprint density at radius 3 is 2.35 bits per heavy atom. The SMILES string of the molecule is COc1ccc(C2CCCN2C(=O)C2CCN(S(=O)(=O)c3cc([N+](=O)[O-])ccc3C)CC2)cc1. The molecule has 2 saturated heterocycles. The Hall–Kier alpha value is -2.98. The van der Waals surface area contributed by atoms with Gasteiger partial charge in [0.05, 0.1) is 23.0 Å². The summed E-state index contributed by atoms with van der Waals surface area (Å²) in [7, 11) is -2.27. The summed E-state index contributed by atoms with van der Waals surface area (Å²) in [6, 6.07) is 11.7. The van der Waals surface area contributed by atoms with Crippen LogP contribution in [0.25, 0.3) is 0 Å². The molecule has 2 aromatic carbocycles. The van der Waals surface area contributed by atoms with Crippen LogP contribution in [-0.4, -0.2) is 55.2 Å². The number of carbonyl (C=O) groups is 1. The van der Waals surface area contributed by atoms with E-state index in [9.17, 15) is 23.3 Å². The lowest BCUT2D eigenvalue weighted by Crippen LogP contribution is -2.44. The smallest absolute Gasteiger partial charge is 0.270 e. The molecule has 10 heteroatoms. The van der Waals surface area contributed by atoms with Gasteiger partial charge in [-0.1, -0.05) is 18.2 Å². The number of likely N-dealkylation sites (tertiary alicyclic amines) is 1. The van der Waals surface area contributed by atoms with E-state index in [1.807, 2.05) is 29.2 Å². The van der Waals surface area contributed by atoms with Crippen LogP contribution in [0.4, 0.5) is 5.69 Å². The van der Waals surface area contributed by atoms with Gasteiger partial charge < -0.3 is 9.64 Å². The molecule has 182 valence electrons. The summed E-state index contributed by atoms with van der Waals surface area (Å²) in [5.41, 5.74) is 1.28. The average Bonchev–Trinajstić information content (AvgIpc) is 3.33. The van der Waals surface area contributed by atoms with Crippen LogP contribution in [0.3, 0.4) is 0 Å². The molecule has 2 heterocycles. The van der Waals surface area contributed by atoms with E-state index in [1.165, 1.54) is 16.4 Å². The minimum absolute atomic E-state index is 0.0210. The maximum atomic E-state index is 13.4. The van der Waals surface area contributed by atoms with Crippen LogP contribution in [0.1, 0.15) is 42.9 Å². The van der Waals surface area contributed by atoms with Crippen LogP contribution in [-0.2, 0) is 14.8 Å². The van der Waals surface area contributed by atoms with Crippen LogP contribution >= 0.6 is 0 Å². The van der Waals surface area contributed by atoms with Crippen LogP contribution < -0.4 is 4.74 Å². The highest BCUT2D eigenvalue weighted by Crippen LogP contribution is 2.36. The molecule has 1 atom stereocenters. The molecule has 34 heavy (non-hydrogen) atoms. The average molecular weight is 488 g/mol. The Balaban J connectivity index is 1.44. The van der Waals surface area contributed by atoms with Gasteiger partial charge in [-0.05, 0) is 55.9 Å². The number of hydrogen-bond acceptors (Lipinski definition) is 6. The quantitative estimate of drug-likeness (QED) is 0.454. The van der Waals surface area contributed by atoms with Gasteiger partial charge in [-0.2, -0.15) is 4.31 Å². The molecule has 0 radical (unpaired) electrons. The summed E-state index contributed by atoms with van der Waals surface area (Å²) in [6.45, 7) is 2.74. The molecule has 2 aliphatic heterocycles. The summed E-state index contributed by atoms with van der Waals surface area (Å²) in [6.07, 6.45) is 2.69. The van der Waals surface area contributed by atoms with Crippen molar-refractivity contribution in [3.63, 3.8) is 0 Å². The van der Waals surface area contributed by atoms with E-state index in [2.05, 4.69) is 0 Å². The van der Waals surface area contributed by atoms with Gasteiger partial charge in [0.25, 0.3) is 5.69 Å². The molecule has 4 rings (SSSR count). The second-order valence-corrected chi connectivity index (χ2v) is 10.8. The molecule has 0 bridgehead atoms. The summed E-state index contributed by atoms with van der Waals surface area (Å²) >= 11 is 0. The molecular weight excluding hydrogens is 458 g/mol. The van der Waals surface area contributed by atoms with Crippen molar-refractivity contribution >= 4 is 21.6 Å². The predicted molar refractivity (Wildman–Crippen MR) is 126 cm³/mol. The highest BCUT2D eigenvalue weighted by atomic mass is 32.2. The Labute approximate surface area is 199 Å². The second kappa shape index (κ2) is 9.71. The summed E-state index contributed by atoms with van der Waals surface area (Å²) in [5.74, 6) is 0.602. The number of nitro benzene ring substituents is 1. The number of methoxy groups -OCH3 is 1. The third-order valence-corrected chi connectivity index (χ3v) is 8.88. The fraction of sp³-hybridized carbons (Fsp3) is 0.458. The molecule has 0 aliphatic carbocycles. The molecule has 1 amide bonds. The third-order valence-electron chi connectivity index (χ3n) is 6.84.